The average Bonchev–Trinajstić information content (AvgIpc) is 2.45. The molecule has 0 aromatic heterocycles. The average molecular weight is 275 g/mol. The maximum Gasteiger partial charge on any atom is 0.0622 e. The zero-order valence-corrected chi connectivity index (χ0v) is 13.4. The fourth-order valence-corrected chi connectivity index (χ4v) is 3.11. The molecule has 3 unspecified atom stereocenters. The van der Waals surface area contributed by atoms with E-state index in [1.807, 2.05) is 0 Å². The quantitative estimate of drug-likeness (QED) is 0.837. The molecule has 1 aliphatic carbocycles. The molecule has 0 aliphatic heterocycles. The molecule has 3 atom stereocenters. The maximum atomic E-state index is 5.65. The molecule has 2 heteroatoms. The highest BCUT2D eigenvalue weighted by molar-refractivity contribution is 5.35. The van der Waals surface area contributed by atoms with Crippen molar-refractivity contribution in [2.45, 2.75) is 58.5 Å². The van der Waals surface area contributed by atoms with Crippen LogP contribution in [0.15, 0.2) is 24.3 Å². The number of nitrogens with one attached hydrogen (secondary N) is 1. The van der Waals surface area contributed by atoms with Gasteiger partial charge in [0.25, 0.3) is 0 Å². The van der Waals surface area contributed by atoms with Crippen LogP contribution in [-0.2, 0) is 4.74 Å². The first-order valence-electron chi connectivity index (χ1n) is 8.06. The number of hydrogen-bond donors (Lipinski definition) is 1. The minimum atomic E-state index is 0.432. The second kappa shape index (κ2) is 7.24. The number of fused-ring (bicyclic) bond motifs is 1. The van der Waals surface area contributed by atoms with Gasteiger partial charge in [-0.15, -0.1) is 0 Å². The van der Waals surface area contributed by atoms with Gasteiger partial charge in [-0.2, -0.15) is 0 Å². The van der Waals surface area contributed by atoms with E-state index in [1.54, 1.807) is 0 Å². The highest BCUT2D eigenvalue weighted by Gasteiger charge is 2.27. The van der Waals surface area contributed by atoms with E-state index < -0.39 is 0 Å². The van der Waals surface area contributed by atoms with Crippen LogP contribution < -0.4 is 5.32 Å². The standard InChI is InChI=1S/C18H29NO/c1-5-20-12-18(13(2)3)19-17-11-10-14(4)15-8-6-7-9-16(15)17/h6-9,13-14,17-19H,5,10-12H2,1-4H3. The van der Waals surface area contributed by atoms with Gasteiger partial charge in [-0.05, 0) is 42.7 Å². The van der Waals surface area contributed by atoms with E-state index in [4.69, 9.17) is 4.74 Å². The van der Waals surface area contributed by atoms with Crippen LogP contribution in [0.3, 0.4) is 0 Å². The number of hydrogen-bond acceptors (Lipinski definition) is 2. The molecule has 0 saturated heterocycles. The van der Waals surface area contributed by atoms with Gasteiger partial charge in [0.1, 0.15) is 0 Å². The fourth-order valence-electron chi connectivity index (χ4n) is 3.11. The van der Waals surface area contributed by atoms with Crippen molar-refractivity contribution >= 4 is 0 Å². The molecule has 1 aliphatic rings. The molecule has 2 rings (SSSR count). The van der Waals surface area contributed by atoms with Gasteiger partial charge in [0.05, 0.1) is 6.61 Å². The maximum absolute atomic E-state index is 5.65. The van der Waals surface area contributed by atoms with E-state index in [0.29, 0.717) is 23.9 Å². The van der Waals surface area contributed by atoms with E-state index in [1.165, 1.54) is 24.0 Å². The lowest BCUT2D eigenvalue weighted by Crippen LogP contribution is -2.41. The number of benzene rings is 1. The van der Waals surface area contributed by atoms with Crippen molar-refractivity contribution in [3.8, 4) is 0 Å². The molecule has 112 valence electrons. The van der Waals surface area contributed by atoms with E-state index in [0.717, 1.165) is 13.2 Å². The van der Waals surface area contributed by atoms with Crippen molar-refractivity contribution in [1.29, 1.82) is 0 Å². The van der Waals surface area contributed by atoms with Crippen molar-refractivity contribution in [2.24, 2.45) is 5.92 Å². The minimum Gasteiger partial charge on any atom is -0.380 e. The lowest BCUT2D eigenvalue weighted by molar-refractivity contribution is 0.102. The SMILES string of the molecule is CCOCC(NC1CCC(C)c2ccccc21)C(C)C. The van der Waals surface area contributed by atoms with Crippen LogP contribution in [0.25, 0.3) is 0 Å². The summed E-state index contributed by atoms with van der Waals surface area (Å²) in [6.45, 7) is 10.6. The molecule has 1 aromatic carbocycles. The van der Waals surface area contributed by atoms with Gasteiger partial charge < -0.3 is 10.1 Å². The molecule has 1 aromatic rings. The van der Waals surface area contributed by atoms with E-state index >= 15 is 0 Å². The van der Waals surface area contributed by atoms with Gasteiger partial charge in [0, 0.05) is 18.7 Å². The third kappa shape index (κ3) is 3.62. The Kier molecular flexibility index (Phi) is 5.62. The number of rotatable bonds is 6. The smallest absolute Gasteiger partial charge is 0.0622 e. The Balaban J connectivity index is 2.11. The predicted octanol–water partition coefficient (Wildman–Crippen LogP) is 4.28. The predicted molar refractivity (Wildman–Crippen MR) is 85.1 cm³/mol. The van der Waals surface area contributed by atoms with Gasteiger partial charge >= 0.3 is 0 Å². The van der Waals surface area contributed by atoms with E-state index in [-0.39, 0.29) is 0 Å². The Labute approximate surface area is 123 Å². The molecule has 0 radical (unpaired) electrons. The van der Waals surface area contributed by atoms with E-state index in [9.17, 15) is 0 Å². The molecule has 0 heterocycles. The van der Waals surface area contributed by atoms with Crippen LogP contribution in [-0.4, -0.2) is 19.3 Å². The van der Waals surface area contributed by atoms with Crippen molar-refractivity contribution in [3.63, 3.8) is 0 Å². The van der Waals surface area contributed by atoms with Gasteiger partial charge in [-0.3, -0.25) is 0 Å². The highest BCUT2D eigenvalue weighted by atomic mass is 16.5. The number of ether oxygens (including phenoxy) is 1. The first-order valence-corrected chi connectivity index (χ1v) is 8.06. The third-order valence-electron chi connectivity index (χ3n) is 4.51. The molecule has 1 N–H and O–H groups in total. The zero-order chi connectivity index (χ0) is 14.5. The fraction of sp³-hybridized carbons (Fsp3) is 0.667. The van der Waals surface area contributed by atoms with Crippen molar-refractivity contribution in [2.75, 3.05) is 13.2 Å². The molecule has 2 nitrogen and oxygen atoms in total. The van der Waals surface area contributed by atoms with Gasteiger partial charge in [0.2, 0.25) is 0 Å². The summed E-state index contributed by atoms with van der Waals surface area (Å²) in [4.78, 5) is 0. The Morgan fingerprint density at radius 2 is 1.90 bits per heavy atom. The Hall–Kier alpha value is -0.860. The topological polar surface area (TPSA) is 21.3 Å². The minimum absolute atomic E-state index is 0.432. The molecule has 0 amide bonds. The Bertz CT molecular complexity index is 416. The summed E-state index contributed by atoms with van der Waals surface area (Å²) < 4.78 is 5.65. The van der Waals surface area contributed by atoms with Crippen LogP contribution in [0, 0.1) is 5.92 Å². The second-order valence-corrected chi connectivity index (χ2v) is 6.34. The first kappa shape index (κ1) is 15.5. The van der Waals surface area contributed by atoms with Crippen LogP contribution >= 0.6 is 0 Å². The summed E-state index contributed by atoms with van der Waals surface area (Å²) in [6.07, 6.45) is 2.50. The second-order valence-electron chi connectivity index (χ2n) is 6.34. The summed E-state index contributed by atoms with van der Waals surface area (Å²) in [5.41, 5.74) is 3.02. The normalized spacial score (nSPS) is 23.6. The van der Waals surface area contributed by atoms with Crippen LogP contribution in [0.5, 0.6) is 0 Å². The highest BCUT2D eigenvalue weighted by Crippen LogP contribution is 2.37. The molecular formula is C18H29NO. The molecule has 0 fully saturated rings. The Morgan fingerprint density at radius 3 is 2.55 bits per heavy atom. The van der Waals surface area contributed by atoms with Gasteiger partial charge in [-0.25, -0.2) is 0 Å². The summed E-state index contributed by atoms with van der Waals surface area (Å²) in [5.74, 6) is 1.28. The molecule has 20 heavy (non-hydrogen) atoms. The molecule has 0 bridgehead atoms. The van der Waals surface area contributed by atoms with Crippen LogP contribution in [0.1, 0.15) is 63.6 Å². The third-order valence-corrected chi connectivity index (χ3v) is 4.51. The molecule has 0 spiro atoms. The summed E-state index contributed by atoms with van der Waals surface area (Å²) in [6, 6.07) is 9.83. The van der Waals surface area contributed by atoms with Gasteiger partial charge in [0.15, 0.2) is 0 Å². The summed E-state index contributed by atoms with van der Waals surface area (Å²) >= 11 is 0. The van der Waals surface area contributed by atoms with Crippen molar-refractivity contribution in [1.82, 2.24) is 5.32 Å². The van der Waals surface area contributed by atoms with Crippen LogP contribution in [0.2, 0.25) is 0 Å². The van der Waals surface area contributed by atoms with Crippen LogP contribution in [0.4, 0.5) is 0 Å². The van der Waals surface area contributed by atoms with E-state index in [2.05, 4.69) is 57.3 Å². The lowest BCUT2D eigenvalue weighted by atomic mass is 9.80. The Morgan fingerprint density at radius 1 is 1.20 bits per heavy atom. The zero-order valence-electron chi connectivity index (χ0n) is 13.4. The summed E-state index contributed by atoms with van der Waals surface area (Å²) in [7, 11) is 0. The van der Waals surface area contributed by atoms with Crippen molar-refractivity contribution in [3.05, 3.63) is 35.4 Å². The summed E-state index contributed by atoms with van der Waals surface area (Å²) in [5, 5.41) is 3.84. The van der Waals surface area contributed by atoms with Gasteiger partial charge in [-0.1, -0.05) is 45.0 Å². The molecule has 0 saturated carbocycles. The largest absolute Gasteiger partial charge is 0.380 e. The lowest BCUT2D eigenvalue weighted by Gasteiger charge is -2.34. The van der Waals surface area contributed by atoms with Crippen molar-refractivity contribution < 1.29 is 4.74 Å². The first-order chi connectivity index (χ1) is 9.63. The monoisotopic (exact) mass is 275 g/mol. The molecular weight excluding hydrogens is 246 g/mol.